The van der Waals surface area contributed by atoms with Crippen molar-refractivity contribution in [2.75, 3.05) is 5.32 Å². The maximum Gasteiger partial charge on any atom is 0.415 e. The Hall–Kier alpha value is -1.08. The highest BCUT2D eigenvalue weighted by Gasteiger charge is 2.54. The van der Waals surface area contributed by atoms with Gasteiger partial charge in [-0.05, 0) is 44.0 Å². The number of benzene rings is 1. The molecule has 19 heavy (non-hydrogen) atoms. The Bertz CT molecular complexity index is 489. The molecular weight excluding hydrogens is 325 g/mol. The summed E-state index contributed by atoms with van der Waals surface area (Å²) in [5, 5.41) is 2.25. The molecule has 0 aromatic heterocycles. The molecule has 1 aromatic rings. The highest BCUT2D eigenvalue weighted by molar-refractivity contribution is 9.10. The molecule has 1 unspecified atom stereocenters. The number of nitrogens with two attached hydrogens (primary N) is 1. The molecule has 1 aromatic carbocycles. The van der Waals surface area contributed by atoms with Crippen LogP contribution < -0.4 is 11.1 Å². The first-order valence-corrected chi connectivity index (χ1v) is 6.20. The maximum absolute atomic E-state index is 12.7. The minimum absolute atomic E-state index is 0.342. The van der Waals surface area contributed by atoms with Crippen LogP contribution in [0.3, 0.4) is 0 Å². The number of aryl methyl sites for hydroxylation is 2. The summed E-state index contributed by atoms with van der Waals surface area (Å²) in [6.45, 7) is 4.02. The highest BCUT2D eigenvalue weighted by atomic mass is 79.9. The van der Waals surface area contributed by atoms with E-state index >= 15 is 0 Å². The molecule has 1 rings (SSSR count). The van der Waals surface area contributed by atoms with Gasteiger partial charge in [0.25, 0.3) is 5.91 Å². The zero-order chi connectivity index (χ0) is 15.0. The summed E-state index contributed by atoms with van der Waals surface area (Å²) in [6.07, 6.45) is -4.81. The predicted octanol–water partition coefficient (Wildman–Crippen LogP) is 3.28. The first kappa shape index (κ1) is 16.0. The number of hydrogen-bond donors (Lipinski definition) is 2. The largest absolute Gasteiger partial charge is 0.415 e. The van der Waals surface area contributed by atoms with Crippen molar-refractivity contribution in [3.63, 3.8) is 0 Å². The maximum atomic E-state index is 12.7. The lowest BCUT2D eigenvalue weighted by atomic mass is 10.0. The van der Waals surface area contributed by atoms with Gasteiger partial charge >= 0.3 is 6.18 Å². The normalized spacial score (nSPS) is 14.9. The van der Waals surface area contributed by atoms with Gasteiger partial charge in [-0.3, -0.25) is 4.79 Å². The third kappa shape index (κ3) is 3.27. The number of carbonyl (C=O) groups excluding carboxylic acids is 1. The van der Waals surface area contributed by atoms with Crippen molar-refractivity contribution in [3.8, 4) is 0 Å². The summed E-state index contributed by atoms with van der Waals surface area (Å²) in [5.41, 5.74) is 3.78. The number of alkyl halides is 3. The van der Waals surface area contributed by atoms with E-state index in [1.165, 1.54) is 0 Å². The van der Waals surface area contributed by atoms with E-state index in [1.807, 2.05) is 0 Å². The first-order chi connectivity index (χ1) is 8.46. The number of amides is 1. The second-order valence-corrected chi connectivity index (χ2v) is 5.48. The topological polar surface area (TPSA) is 55.1 Å². The molecule has 0 aliphatic carbocycles. The molecule has 0 radical (unpaired) electrons. The van der Waals surface area contributed by atoms with Gasteiger partial charge in [-0.15, -0.1) is 0 Å². The molecule has 3 nitrogen and oxygen atoms in total. The molecule has 0 spiro atoms. The molecule has 0 heterocycles. The SMILES string of the molecule is Cc1cc(Br)cc(C)c1NC(=O)C(C)(N)C(F)(F)F. The Balaban J connectivity index is 3.08. The van der Waals surface area contributed by atoms with E-state index < -0.39 is 17.6 Å². The molecular formula is C12H14BrF3N2O. The molecule has 106 valence electrons. The quantitative estimate of drug-likeness (QED) is 0.869. The van der Waals surface area contributed by atoms with Gasteiger partial charge in [-0.1, -0.05) is 15.9 Å². The predicted molar refractivity (Wildman–Crippen MR) is 70.9 cm³/mol. The summed E-state index contributed by atoms with van der Waals surface area (Å²) in [7, 11) is 0. The van der Waals surface area contributed by atoms with Crippen molar-refractivity contribution in [3.05, 3.63) is 27.7 Å². The summed E-state index contributed by atoms with van der Waals surface area (Å²) < 4.78 is 38.8. The third-order valence-corrected chi connectivity index (χ3v) is 3.25. The lowest BCUT2D eigenvalue weighted by Crippen LogP contribution is -2.59. The molecule has 1 atom stereocenters. The van der Waals surface area contributed by atoms with Gasteiger partial charge in [0.2, 0.25) is 0 Å². The zero-order valence-electron chi connectivity index (χ0n) is 10.7. The number of carbonyl (C=O) groups is 1. The molecule has 1 amide bonds. The van der Waals surface area contributed by atoms with Crippen molar-refractivity contribution in [1.29, 1.82) is 0 Å². The Kier molecular flexibility index (Phi) is 4.31. The van der Waals surface area contributed by atoms with Crippen LogP contribution in [-0.4, -0.2) is 17.6 Å². The second kappa shape index (κ2) is 5.13. The Morgan fingerprint density at radius 2 is 1.68 bits per heavy atom. The highest BCUT2D eigenvalue weighted by Crippen LogP contribution is 2.31. The van der Waals surface area contributed by atoms with Crippen molar-refractivity contribution < 1.29 is 18.0 Å². The van der Waals surface area contributed by atoms with E-state index in [1.54, 1.807) is 26.0 Å². The molecule has 0 saturated carbocycles. The number of hydrogen-bond acceptors (Lipinski definition) is 2. The smallest absolute Gasteiger partial charge is 0.324 e. The van der Waals surface area contributed by atoms with Gasteiger partial charge in [0.15, 0.2) is 5.54 Å². The van der Waals surface area contributed by atoms with Crippen LogP contribution in [-0.2, 0) is 4.79 Å². The standard InChI is InChI=1S/C12H14BrF3N2O/c1-6-4-8(13)5-7(2)9(6)18-10(19)11(3,17)12(14,15)16/h4-5H,17H2,1-3H3,(H,18,19). The molecule has 0 aliphatic rings. The fourth-order valence-electron chi connectivity index (χ4n) is 1.48. The Morgan fingerprint density at radius 3 is 2.05 bits per heavy atom. The van der Waals surface area contributed by atoms with E-state index in [4.69, 9.17) is 5.73 Å². The summed E-state index contributed by atoms with van der Waals surface area (Å²) in [5.74, 6) is -1.28. The summed E-state index contributed by atoms with van der Waals surface area (Å²) in [6, 6.07) is 3.40. The monoisotopic (exact) mass is 338 g/mol. The number of rotatable bonds is 2. The van der Waals surface area contributed by atoms with Gasteiger partial charge in [-0.25, -0.2) is 0 Å². The molecule has 0 fully saturated rings. The van der Waals surface area contributed by atoms with Crippen molar-refractivity contribution >= 4 is 27.5 Å². The zero-order valence-corrected chi connectivity index (χ0v) is 12.2. The van der Waals surface area contributed by atoms with E-state index in [2.05, 4.69) is 21.2 Å². The van der Waals surface area contributed by atoms with Gasteiger partial charge in [0.05, 0.1) is 0 Å². The van der Waals surface area contributed by atoms with Crippen LogP contribution in [0.15, 0.2) is 16.6 Å². The van der Waals surface area contributed by atoms with Crippen molar-refractivity contribution in [1.82, 2.24) is 0 Å². The second-order valence-electron chi connectivity index (χ2n) is 4.57. The van der Waals surface area contributed by atoms with Gasteiger partial charge in [-0.2, -0.15) is 13.2 Å². The van der Waals surface area contributed by atoms with Crippen LogP contribution in [0.2, 0.25) is 0 Å². The lowest BCUT2D eigenvalue weighted by Gasteiger charge is -2.27. The fraction of sp³-hybridized carbons (Fsp3) is 0.417. The van der Waals surface area contributed by atoms with Crippen LogP contribution >= 0.6 is 15.9 Å². The average molecular weight is 339 g/mol. The van der Waals surface area contributed by atoms with Gasteiger partial charge < -0.3 is 11.1 Å². The van der Waals surface area contributed by atoms with Crippen LogP contribution in [0, 0.1) is 13.8 Å². The number of nitrogens with one attached hydrogen (secondary N) is 1. The van der Waals surface area contributed by atoms with Crippen LogP contribution in [0.5, 0.6) is 0 Å². The average Bonchev–Trinajstić information content (AvgIpc) is 2.21. The van der Waals surface area contributed by atoms with E-state index in [0.29, 0.717) is 23.7 Å². The summed E-state index contributed by atoms with van der Waals surface area (Å²) in [4.78, 5) is 11.7. The lowest BCUT2D eigenvalue weighted by molar-refractivity contribution is -0.184. The van der Waals surface area contributed by atoms with E-state index in [9.17, 15) is 18.0 Å². The van der Waals surface area contributed by atoms with Crippen molar-refractivity contribution in [2.45, 2.75) is 32.5 Å². The third-order valence-electron chi connectivity index (χ3n) is 2.80. The number of halogens is 4. The molecule has 0 bridgehead atoms. The van der Waals surface area contributed by atoms with Crippen molar-refractivity contribution in [2.24, 2.45) is 5.73 Å². The van der Waals surface area contributed by atoms with E-state index in [-0.39, 0.29) is 0 Å². The minimum atomic E-state index is -4.81. The van der Waals surface area contributed by atoms with Gasteiger partial charge in [0.1, 0.15) is 0 Å². The Labute approximate surface area is 117 Å². The molecule has 0 saturated heterocycles. The first-order valence-electron chi connectivity index (χ1n) is 5.40. The molecule has 7 heteroatoms. The van der Waals surface area contributed by atoms with Crippen LogP contribution in [0.1, 0.15) is 18.1 Å². The fourth-order valence-corrected chi connectivity index (χ4v) is 2.17. The van der Waals surface area contributed by atoms with Gasteiger partial charge in [0, 0.05) is 10.2 Å². The Morgan fingerprint density at radius 1 is 1.26 bits per heavy atom. The number of anilines is 1. The van der Waals surface area contributed by atoms with Crippen LogP contribution in [0.25, 0.3) is 0 Å². The molecule has 0 aliphatic heterocycles. The molecule has 3 N–H and O–H groups in total. The van der Waals surface area contributed by atoms with E-state index in [0.717, 1.165) is 4.47 Å². The summed E-state index contributed by atoms with van der Waals surface area (Å²) >= 11 is 3.27. The minimum Gasteiger partial charge on any atom is -0.324 e. The van der Waals surface area contributed by atoms with Crippen LogP contribution in [0.4, 0.5) is 18.9 Å².